The summed E-state index contributed by atoms with van der Waals surface area (Å²) < 4.78 is 21.3. The summed E-state index contributed by atoms with van der Waals surface area (Å²) in [6.45, 7) is 8.25. The van der Waals surface area contributed by atoms with E-state index in [-0.39, 0.29) is 17.4 Å². The van der Waals surface area contributed by atoms with Gasteiger partial charge in [-0.25, -0.2) is 0 Å². The second kappa shape index (κ2) is 12.9. The quantitative estimate of drug-likeness (QED) is 0.0904. The Morgan fingerprint density at radius 2 is 1.90 bits per heavy atom. The molecule has 0 unspecified atom stereocenters. The Bertz CT molecular complexity index is 1590. The fourth-order valence-corrected chi connectivity index (χ4v) is 7.25. The fraction of sp³-hybridized carbons (Fsp3) is 0.258. The maximum absolute atomic E-state index is 11.3. The van der Waals surface area contributed by atoms with Gasteiger partial charge in [0.2, 0.25) is 0 Å². The third kappa shape index (κ3) is 7.76. The number of allylic oxidation sites excluding steroid dienone is 1. The molecule has 4 aromatic rings. The minimum absolute atomic E-state index is 0.116. The Morgan fingerprint density at radius 3 is 2.63 bits per heavy atom. The molecule has 5 rings (SSSR count). The van der Waals surface area contributed by atoms with Gasteiger partial charge in [0.25, 0.3) is 0 Å². The van der Waals surface area contributed by atoms with E-state index in [1.807, 2.05) is 28.9 Å². The molecule has 0 bridgehead atoms. The van der Waals surface area contributed by atoms with Crippen LogP contribution in [-0.2, 0) is 27.4 Å². The molecule has 0 fully saturated rings. The number of benzene rings is 3. The summed E-state index contributed by atoms with van der Waals surface area (Å²) in [6, 6.07) is 24.6. The zero-order chi connectivity index (χ0) is 28.8. The minimum atomic E-state index is -1.22. The van der Waals surface area contributed by atoms with Gasteiger partial charge >= 0.3 is 248 Å². The van der Waals surface area contributed by atoms with Crippen LogP contribution in [0.2, 0.25) is 25.7 Å². The van der Waals surface area contributed by atoms with Crippen molar-refractivity contribution in [2.24, 2.45) is 0 Å². The molecule has 1 aliphatic rings. The molecule has 8 nitrogen and oxygen atoms in total. The van der Waals surface area contributed by atoms with Crippen molar-refractivity contribution < 1.29 is 19.1 Å². The van der Waals surface area contributed by atoms with Crippen LogP contribution in [0.1, 0.15) is 11.3 Å². The zero-order valence-electron chi connectivity index (χ0n) is 23.4. The van der Waals surface area contributed by atoms with E-state index in [0.29, 0.717) is 25.5 Å². The van der Waals surface area contributed by atoms with Crippen molar-refractivity contribution in [1.82, 2.24) is 9.78 Å². The SMILES string of the molecule is C[Si](C)(C)CCOCn1nc(C=C(Cc2ccccc2)C2=COCO2)c2ccc([As]c3cccc([N+](=O)[O-])c3)cc21. The topological polar surface area (TPSA) is 88.7 Å². The molecule has 0 N–H and O–H groups in total. The molecule has 211 valence electrons. The van der Waals surface area contributed by atoms with Crippen molar-refractivity contribution in [3.8, 4) is 0 Å². The summed E-state index contributed by atoms with van der Waals surface area (Å²) in [7, 11) is -1.22. The first-order valence-corrected chi connectivity index (χ1v) is 19.1. The van der Waals surface area contributed by atoms with Crippen molar-refractivity contribution in [3.05, 3.63) is 112 Å². The summed E-state index contributed by atoms with van der Waals surface area (Å²) >= 11 is -0.449. The van der Waals surface area contributed by atoms with E-state index in [1.54, 1.807) is 18.4 Å². The van der Waals surface area contributed by atoms with Crippen LogP contribution < -0.4 is 8.70 Å². The monoisotopic (exact) mass is 630 g/mol. The summed E-state index contributed by atoms with van der Waals surface area (Å²) in [5, 5.41) is 17.3. The van der Waals surface area contributed by atoms with E-state index in [2.05, 4.69) is 56.0 Å². The van der Waals surface area contributed by atoms with Crippen LogP contribution in [0.5, 0.6) is 0 Å². The molecule has 0 saturated heterocycles. The van der Waals surface area contributed by atoms with E-state index in [0.717, 1.165) is 42.5 Å². The first-order chi connectivity index (χ1) is 19.7. The molecule has 0 spiro atoms. The number of fused-ring (bicyclic) bond motifs is 1. The molecule has 2 heterocycles. The fourth-order valence-electron chi connectivity index (χ4n) is 4.42. The number of rotatable bonds is 12. The number of nitro benzene ring substituents is 1. The summed E-state index contributed by atoms with van der Waals surface area (Å²) in [4.78, 5) is 10.9. The Balaban J connectivity index is 1.50. The third-order valence-corrected chi connectivity index (χ3v) is 10.6. The van der Waals surface area contributed by atoms with Crippen LogP contribution in [0.3, 0.4) is 0 Å². The van der Waals surface area contributed by atoms with Crippen molar-refractivity contribution in [2.75, 3.05) is 13.4 Å². The molecule has 3 aromatic carbocycles. The van der Waals surface area contributed by atoms with Crippen LogP contribution in [0.25, 0.3) is 17.0 Å². The number of hydrogen-bond acceptors (Lipinski definition) is 6. The van der Waals surface area contributed by atoms with E-state index in [4.69, 9.17) is 19.3 Å². The zero-order valence-corrected chi connectivity index (χ0v) is 26.3. The van der Waals surface area contributed by atoms with Gasteiger partial charge < -0.3 is 0 Å². The van der Waals surface area contributed by atoms with E-state index >= 15 is 0 Å². The van der Waals surface area contributed by atoms with Crippen LogP contribution in [0.4, 0.5) is 5.69 Å². The number of aromatic nitrogens is 2. The molecule has 0 amide bonds. The Kier molecular flexibility index (Phi) is 9.07. The predicted molar refractivity (Wildman–Crippen MR) is 165 cm³/mol. The number of nitrogens with zero attached hydrogens (tertiary/aromatic N) is 3. The number of nitro groups is 1. The van der Waals surface area contributed by atoms with Crippen LogP contribution in [0.15, 0.2) is 90.4 Å². The molecular formula is C31H33AsN3O5Si. The first-order valence-electron chi connectivity index (χ1n) is 13.5. The third-order valence-electron chi connectivity index (χ3n) is 6.61. The standard InChI is InChI=1S/C31H33AsN3O5Si/c1-41(2,3)15-14-38-21-34-30-19-26(32-25-10-7-11-27(18-25)35(36)37)12-13-28(30)29(33-34)17-24(31-20-39-22-40-31)16-23-8-5-4-6-9-23/h4-13,17-20H,14-16,21-22H2,1-3H3. The van der Waals surface area contributed by atoms with Gasteiger partial charge in [-0.15, -0.1) is 0 Å². The van der Waals surface area contributed by atoms with Crippen molar-refractivity contribution in [3.63, 3.8) is 0 Å². The normalized spacial score (nSPS) is 13.9. The van der Waals surface area contributed by atoms with Crippen LogP contribution in [-0.4, -0.2) is 51.9 Å². The molecule has 41 heavy (non-hydrogen) atoms. The van der Waals surface area contributed by atoms with Crippen LogP contribution >= 0.6 is 0 Å². The molecule has 0 saturated carbocycles. The molecule has 10 heteroatoms. The molecular weight excluding hydrogens is 597 g/mol. The molecule has 1 aliphatic heterocycles. The van der Waals surface area contributed by atoms with Gasteiger partial charge in [0, 0.05) is 0 Å². The number of non-ortho nitro benzene ring substituents is 1. The predicted octanol–water partition coefficient (Wildman–Crippen LogP) is 5.38. The Labute approximate surface area is 247 Å². The molecule has 1 aromatic heterocycles. The van der Waals surface area contributed by atoms with E-state index < -0.39 is 23.8 Å². The average Bonchev–Trinajstić information content (AvgIpc) is 3.60. The summed E-state index contributed by atoms with van der Waals surface area (Å²) in [5.74, 6) is 0.704. The second-order valence-electron chi connectivity index (χ2n) is 11.1. The van der Waals surface area contributed by atoms with Gasteiger partial charge in [0.1, 0.15) is 0 Å². The maximum atomic E-state index is 11.3. The van der Waals surface area contributed by atoms with Gasteiger partial charge in [-0.1, -0.05) is 0 Å². The van der Waals surface area contributed by atoms with E-state index in [9.17, 15) is 10.1 Å². The molecule has 0 atom stereocenters. The van der Waals surface area contributed by atoms with Gasteiger partial charge in [-0.05, 0) is 0 Å². The van der Waals surface area contributed by atoms with Crippen molar-refractivity contribution in [2.45, 2.75) is 38.8 Å². The second-order valence-corrected chi connectivity index (χ2v) is 19.3. The van der Waals surface area contributed by atoms with Gasteiger partial charge in [-0.2, -0.15) is 0 Å². The van der Waals surface area contributed by atoms with Crippen molar-refractivity contribution >= 4 is 55.2 Å². The van der Waals surface area contributed by atoms with E-state index in [1.165, 1.54) is 6.07 Å². The Hall–Kier alpha value is -3.65. The van der Waals surface area contributed by atoms with Gasteiger partial charge in [-0.3, -0.25) is 0 Å². The summed E-state index contributed by atoms with van der Waals surface area (Å²) in [6.07, 6.45) is 4.41. The number of hydrogen-bond donors (Lipinski definition) is 0. The Morgan fingerprint density at radius 1 is 1.10 bits per heavy atom. The number of ether oxygens (including phenoxy) is 3. The molecule has 0 aliphatic carbocycles. The average molecular weight is 631 g/mol. The van der Waals surface area contributed by atoms with Gasteiger partial charge in [0.05, 0.1) is 0 Å². The van der Waals surface area contributed by atoms with Crippen LogP contribution in [0, 0.1) is 10.1 Å². The first kappa shape index (κ1) is 28.9. The van der Waals surface area contributed by atoms with Crippen molar-refractivity contribution in [1.29, 1.82) is 0 Å². The van der Waals surface area contributed by atoms with Gasteiger partial charge in [0.15, 0.2) is 0 Å². The summed E-state index contributed by atoms with van der Waals surface area (Å²) in [5.41, 5.74) is 4.06. The molecule has 1 radical (unpaired) electrons.